The fourth-order valence-corrected chi connectivity index (χ4v) is 5.22. The molecule has 1 aliphatic heterocycles. The summed E-state index contributed by atoms with van der Waals surface area (Å²) >= 11 is 1.77. The Hall–Kier alpha value is -2.92. The number of hydrogen-bond acceptors (Lipinski definition) is 3. The minimum absolute atomic E-state index is 0.00723. The van der Waals surface area contributed by atoms with E-state index in [4.69, 9.17) is 0 Å². The van der Waals surface area contributed by atoms with E-state index in [0.29, 0.717) is 18.7 Å². The predicted octanol–water partition coefficient (Wildman–Crippen LogP) is 5.47. The summed E-state index contributed by atoms with van der Waals surface area (Å²) < 4.78 is 0. The molecule has 5 heteroatoms. The van der Waals surface area contributed by atoms with Crippen LogP contribution in [-0.4, -0.2) is 41.2 Å². The first-order valence-corrected chi connectivity index (χ1v) is 12.2. The molecule has 3 aromatic rings. The minimum Gasteiger partial charge on any atom is -0.330 e. The number of carbonyl (C=O) groups is 2. The fraction of sp³-hybridized carbons (Fsp3) is 0.333. The molecular weight excluding hydrogens is 416 g/mol. The molecule has 1 unspecified atom stereocenters. The van der Waals surface area contributed by atoms with E-state index in [0.717, 1.165) is 24.8 Å². The van der Waals surface area contributed by atoms with Crippen molar-refractivity contribution in [2.24, 2.45) is 0 Å². The van der Waals surface area contributed by atoms with Crippen LogP contribution in [0.2, 0.25) is 0 Å². The van der Waals surface area contributed by atoms with Crippen LogP contribution in [0.25, 0.3) is 0 Å². The number of benzene rings is 2. The standard InChI is InChI=1S/C27H30N2O2S/c1-3-4-16-28(27(31)22-8-6-5-7-9-22)19-25(30)29-17-14-24-23(15-18-32-24)26(29)21-12-10-20(2)11-13-21/h5-13,15,18,26H,3-4,14,16-17,19H2,1-2H3. The Morgan fingerprint density at radius 1 is 1.06 bits per heavy atom. The Kier molecular flexibility index (Phi) is 7.05. The Labute approximate surface area is 194 Å². The average molecular weight is 447 g/mol. The molecule has 1 aliphatic rings. The summed E-state index contributed by atoms with van der Waals surface area (Å²) in [6.45, 7) is 5.54. The molecule has 4 rings (SSSR count). The lowest BCUT2D eigenvalue weighted by Crippen LogP contribution is -2.47. The minimum atomic E-state index is -0.0991. The number of unbranched alkanes of at least 4 members (excludes halogenated alkanes) is 1. The number of rotatable bonds is 7. The molecule has 2 aromatic carbocycles. The van der Waals surface area contributed by atoms with Gasteiger partial charge >= 0.3 is 0 Å². The summed E-state index contributed by atoms with van der Waals surface area (Å²) in [6, 6.07) is 19.8. The van der Waals surface area contributed by atoms with Crippen molar-refractivity contribution >= 4 is 23.2 Å². The number of nitrogens with zero attached hydrogens (tertiary/aromatic N) is 2. The molecule has 166 valence electrons. The molecule has 1 aromatic heterocycles. The van der Waals surface area contributed by atoms with Crippen molar-refractivity contribution in [1.29, 1.82) is 0 Å². The van der Waals surface area contributed by atoms with E-state index in [1.165, 1.54) is 16.0 Å². The quantitative estimate of drug-likeness (QED) is 0.483. The Morgan fingerprint density at radius 2 is 1.81 bits per heavy atom. The van der Waals surface area contributed by atoms with Crippen LogP contribution >= 0.6 is 11.3 Å². The molecule has 0 saturated carbocycles. The van der Waals surface area contributed by atoms with Gasteiger partial charge < -0.3 is 9.80 Å². The molecule has 32 heavy (non-hydrogen) atoms. The van der Waals surface area contributed by atoms with Crippen molar-refractivity contribution in [1.82, 2.24) is 9.80 Å². The van der Waals surface area contributed by atoms with Crippen LogP contribution in [0.3, 0.4) is 0 Å². The highest BCUT2D eigenvalue weighted by Crippen LogP contribution is 2.38. The van der Waals surface area contributed by atoms with Gasteiger partial charge in [-0.05, 0) is 54.5 Å². The molecule has 0 radical (unpaired) electrons. The third-order valence-electron chi connectivity index (χ3n) is 6.09. The molecule has 1 atom stereocenters. The van der Waals surface area contributed by atoms with E-state index in [1.54, 1.807) is 16.2 Å². The van der Waals surface area contributed by atoms with Crippen molar-refractivity contribution < 1.29 is 9.59 Å². The van der Waals surface area contributed by atoms with Crippen molar-refractivity contribution in [3.05, 3.63) is 93.2 Å². The number of carbonyl (C=O) groups excluding carboxylic acids is 2. The van der Waals surface area contributed by atoms with Crippen LogP contribution in [-0.2, 0) is 11.2 Å². The van der Waals surface area contributed by atoms with Gasteiger partial charge in [-0.1, -0.05) is 61.4 Å². The second-order valence-electron chi connectivity index (χ2n) is 8.40. The molecule has 0 aliphatic carbocycles. The topological polar surface area (TPSA) is 40.6 Å². The van der Waals surface area contributed by atoms with Gasteiger partial charge in [0, 0.05) is 23.5 Å². The second-order valence-corrected chi connectivity index (χ2v) is 9.40. The number of aryl methyl sites for hydroxylation is 1. The molecule has 0 saturated heterocycles. The van der Waals surface area contributed by atoms with E-state index in [1.807, 2.05) is 35.2 Å². The maximum absolute atomic E-state index is 13.6. The van der Waals surface area contributed by atoms with Gasteiger partial charge in [0.2, 0.25) is 5.91 Å². The van der Waals surface area contributed by atoms with Crippen molar-refractivity contribution in [2.45, 2.75) is 39.2 Å². The second kappa shape index (κ2) is 10.1. The van der Waals surface area contributed by atoms with Gasteiger partial charge in [-0.3, -0.25) is 9.59 Å². The number of amides is 2. The Balaban J connectivity index is 1.60. The van der Waals surface area contributed by atoms with Crippen LogP contribution in [0.15, 0.2) is 66.0 Å². The van der Waals surface area contributed by atoms with Gasteiger partial charge in [-0.2, -0.15) is 0 Å². The van der Waals surface area contributed by atoms with Crippen LogP contribution in [0, 0.1) is 6.92 Å². The molecular formula is C27H30N2O2S. The lowest BCUT2D eigenvalue weighted by molar-refractivity contribution is -0.134. The Bertz CT molecular complexity index is 1060. The number of fused-ring (bicyclic) bond motifs is 1. The van der Waals surface area contributed by atoms with Crippen molar-refractivity contribution in [3.8, 4) is 0 Å². The summed E-state index contributed by atoms with van der Waals surface area (Å²) in [7, 11) is 0. The summed E-state index contributed by atoms with van der Waals surface area (Å²) in [5.41, 5.74) is 4.17. The number of hydrogen-bond donors (Lipinski definition) is 0. The lowest BCUT2D eigenvalue weighted by Gasteiger charge is -2.37. The SMILES string of the molecule is CCCCN(CC(=O)N1CCc2sccc2C1c1ccc(C)cc1)C(=O)c1ccccc1. The van der Waals surface area contributed by atoms with E-state index >= 15 is 0 Å². The largest absolute Gasteiger partial charge is 0.330 e. The lowest BCUT2D eigenvalue weighted by atomic mass is 9.92. The molecule has 0 bridgehead atoms. The maximum Gasteiger partial charge on any atom is 0.254 e. The van der Waals surface area contributed by atoms with Crippen LogP contribution in [0.4, 0.5) is 0 Å². The molecule has 2 amide bonds. The zero-order chi connectivity index (χ0) is 22.5. The fourth-order valence-electron chi connectivity index (χ4n) is 4.31. The van der Waals surface area contributed by atoms with Gasteiger partial charge in [0.25, 0.3) is 5.91 Å². The molecule has 0 fully saturated rings. The monoisotopic (exact) mass is 446 g/mol. The molecule has 4 nitrogen and oxygen atoms in total. The van der Waals surface area contributed by atoms with Crippen LogP contribution in [0.5, 0.6) is 0 Å². The van der Waals surface area contributed by atoms with E-state index in [9.17, 15) is 9.59 Å². The Morgan fingerprint density at radius 3 is 2.53 bits per heavy atom. The molecule has 2 heterocycles. The molecule has 0 spiro atoms. The zero-order valence-corrected chi connectivity index (χ0v) is 19.6. The van der Waals surface area contributed by atoms with Crippen molar-refractivity contribution in [3.63, 3.8) is 0 Å². The van der Waals surface area contributed by atoms with Gasteiger partial charge in [0.1, 0.15) is 6.54 Å². The van der Waals surface area contributed by atoms with Crippen molar-refractivity contribution in [2.75, 3.05) is 19.6 Å². The third kappa shape index (κ3) is 4.78. The number of thiophene rings is 1. The molecule has 0 N–H and O–H groups in total. The first kappa shape index (κ1) is 22.3. The van der Waals surface area contributed by atoms with Gasteiger partial charge in [-0.25, -0.2) is 0 Å². The zero-order valence-electron chi connectivity index (χ0n) is 18.8. The van der Waals surface area contributed by atoms with Crippen LogP contribution < -0.4 is 0 Å². The third-order valence-corrected chi connectivity index (χ3v) is 7.09. The van der Waals surface area contributed by atoms with Crippen LogP contribution in [0.1, 0.15) is 57.7 Å². The van der Waals surface area contributed by atoms with Gasteiger partial charge in [0.15, 0.2) is 0 Å². The highest BCUT2D eigenvalue weighted by atomic mass is 32.1. The van der Waals surface area contributed by atoms with Gasteiger partial charge in [-0.15, -0.1) is 11.3 Å². The summed E-state index contributed by atoms with van der Waals surface area (Å²) in [4.78, 5) is 31.8. The first-order valence-electron chi connectivity index (χ1n) is 11.3. The highest BCUT2D eigenvalue weighted by molar-refractivity contribution is 7.10. The summed E-state index contributed by atoms with van der Waals surface area (Å²) in [5.74, 6) is -0.0691. The summed E-state index contributed by atoms with van der Waals surface area (Å²) in [6.07, 6.45) is 2.71. The highest BCUT2D eigenvalue weighted by Gasteiger charge is 2.34. The predicted molar refractivity (Wildman–Crippen MR) is 130 cm³/mol. The van der Waals surface area contributed by atoms with E-state index in [-0.39, 0.29) is 24.4 Å². The normalized spacial score (nSPS) is 15.3. The van der Waals surface area contributed by atoms with Gasteiger partial charge in [0.05, 0.1) is 6.04 Å². The maximum atomic E-state index is 13.6. The average Bonchev–Trinajstić information content (AvgIpc) is 3.30. The van der Waals surface area contributed by atoms with E-state index in [2.05, 4.69) is 49.6 Å². The smallest absolute Gasteiger partial charge is 0.254 e. The first-order chi connectivity index (χ1) is 15.6. The van der Waals surface area contributed by atoms with E-state index < -0.39 is 0 Å². The summed E-state index contributed by atoms with van der Waals surface area (Å²) in [5, 5.41) is 2.12.